The molecular formula is C24H15FN2O4S. The predicted molar refractivity (Wildman–Crippen MR) is 119 cm³/mol. The molecule has 3 aromatic heterocycles. The van der Waals surface area contributed by atoms with Crippen LogP contribution in [-0.4, -0.2) is 20.6 Å². The van der Waals surface area contributed by atoms with Crippen LogP contribution in [0.3, 0.4) is 0 Å². The molecule has 0 atom stereocenters. The first kappa shape index (κ1) is 19.9. The molecule has 8 heteroatoms. The van der Waals surface area contributed by atoms with Crippen LogP contribution in [0.15, 0.2) is 81.3 Å². The van der Waals surface area contributed by atoms with E-state index >= 15 is 0 Å². The molecular weight excluding hydrogens is 431 g/mol. The van der Waals surface area contributed by atoms with Crippen molar-refractivity contribution in [3.05, 3.63) is 99.8 Å². The molecule has 6 nitrogen and oxygen atoms in total. The Morgan fingerprint density at radius 1 is 1.03 bits per heavy atom. The maximum absolute atomic E-state index is 13.7. The van der Waals surface area contributed by atoms with Gasteiger partial charge in [0, 0.05) is 16.5 Å². The molecule has 0 aliphatic rings. The van der Waals surface area contributed by atoms with Gasteiger partial charge in [0.2, 0.25) is 5.76 Å². The van der Waals surface area contributed by atoms with Crippen LogP contribution in [0.2, 0.25) is 0 Å². The zero-order chi connectivity index (χ0) is 22.2. The van der Waals surface area contributed by atoms with Gasteiger partial charge in [-0.15, -0.1) is 11.3 Å². The van der Waals surface area contributed by atoms with E-state index in [-0.39, 0.29) is 23.7 Å². The third-order valence-electron chi connectivity index (χ3n) is 5.07. The zero-order valence-electron chi connectivity index (χ0n) is 16.5. The Kier molecular flexibility index (Phi) is 4.91. The number of carbonyl (C=O) groups is 1. The third kappa shape index (κ3) is 3.50. The van der Waals surface area contributed by atoms with Crippen LogP contribution in [0.1, 0.15) is 16.3 Å². The molecule has 0 saturated heterocycles. The van der Waals surface area contributed by atoms with Gasteiger partial charge in [-0.2, -0.15) is 0 Å². The van der Waals surface area contributed by atoms with E-state index in [0.29, 0.717) is 32.9 Å². The minimum absolute atomic E-state index is 0.0119. The summed E-state index contributed by atoms with van der Waals surface area (Å²) in [5.41, 5.74) is 1.83. The number of fused-ring (bicyclic) bond motifs is 1. The summed E-state index contributed by atoms with van der Waals surface area (Å²) < 4.78 is 20.3. The molecule has 0 spiro atoms. The summed E-state index contributed by atoms with van der Waals surface area (Å²) in [6, 6.07) is 18.1. The Hall–Kier alpha value is -4.04. The fraction of sp³-hybridized carbons (Fsp3) is 0.0417. The van der Waals surface area contributed by atoms with Crippen molar-refractivity contribution in [2.75, 3.05) is 0 Å². The summed E-state index contributed by atoms with van der Waals surface area (Å²) in [6.07, 6.45) is 0. The van der Waals surface area contributed by atoms with E-state index < -0.39 is 5.97 Å². The highest BCUT2D eigenvalue weighted by Crippen LogP contribution is 2.32. The third-order valence-corrected chi connectivity index (χ3v) is 5.94. The van der Waals surface area contributed by atoms with Gasteiger partial charge >= 0.3 is 5.97 Å². The van der Waals surface area contributed by atoms with Gasteiger partial charge in [0.05, 0.1) is 11.9 Å². The molecule has 32 heavy (non-hydrogen) atoms. The maximum atomic E-state index is 13.7. The Morgan fingerprint density at radius 2 is 1.78 bits per heavy atom. The zero-order valence-corrected chi connectivity index (χ0v) is 17.3. The van der Waals surface area contributed by atoms with Crippen molar-refractivity contribution < 1.29 is 18.7 Å². The number of nitrogens with zero attached hydrogens (tertiary/aromatic N) is 2. The van der Waals surface area contributed by atoms with Gasteiger partial charge in [-0.1, -0.05) is 42.5 Å². The largest absolute Gasteiger partial charge is 0.475 e. The number of carboxylic acid groups (broad SMARTS) is 1. The van der Waals surface area contributed by atoms with Gasteiger partial charge in [0.1, 0.15) is 22.2 Å². The lowest BCUT2D eigenvalue weighted by atomic mass is 10.1. The van der Waals surface area contributed by atoms with Crippen LogP contribution in [0, 0.1) is 5.82 Å². The highest BCUT2D eigenvalue weighted by molar-refractivity contribution is 7.17. The van der Waals surface area contributed by atoms with Crippen LogP contribution < -0.4 is 5.56 Å². The maximum Gasteiger partial charge on any atom is 0.371 e. The lowest BCUT2D eigenvalue weighted by molar-refractivity contribution is 0.0660. The second-order valence-corrected chi connectivity index (χ2v) is 7.96. The van der Waals surface area contributed by atoms with Crippen molar-refractivity contribution in [2.24, 2.45) is 0 Å². The second kappa shape index (κ2) is 7.90. The molecule has 0 fully saturated rings. The van der Waals surface area contributed by atoms with Gasteiger partial charge in [-0.05, 0) is 29.8 Å². The van der Waals surface area contributed by atoms with Gasteiger partial charge in [-0.3, -0.25) is 9.36 Å². The monoisotopic (exact) mass is 446 g/mol. The standard InChI is InChI=1S/C24H15FN2O4S/c25-16-8-6-14(7-9-16)18-13-32-22-20(18)23(28)27(12-17-10-11-19(31-17)24(29)30)21(26-22)15-4-2-1-3-5-15/h1-11,13H,12H2,(H,29,30). The van der Waals surface area contributed by atoms with E-state index in [0.717, 1.165) is 5.56 Å². The molecule has 1 N–H and O–H groups in total. The van der Waals surface area contributed by atoms with Crippen molar-refractivity contribution in [2.45, 2.75) is 6.54 Å². The van der Waals surface area contributed by atoms with E-state index in [1.54, 1.807) is 12.1 Å². The normalized spacial score (nSPS) is 11.2. The van der Waals surface area contributed by atoms with Crippen molar-refractivity contribution in [3.8, 4) is 22.5 Å². The number of aromatic nitrogens is 2. The quantitative estimate of drug-likeness (QED) is 0.398. The molecule has 0 bridgehead atoms. The summed E-state index contributed by atoms with van der Waals surface area (Å²) in [5, 5.41) is 11.4. The molecule has 0 amide bonds. The van der Waals surface area contributed by atoms with Crippen molar-refractivity contribution >= 4 is 27.5 Å². The fourth-order valence-electron chi connectivity index (χ4n) is 3.55. The minimum atomic E-state index is -1.18. The molecule has 5 rings (SSSR count). The molecule has 158 valence electrons. The number of thiophene rings is 1. The number of aromatic carboxylic acids is 1. The van der Waals surface area contributed by atoms with Crippen LogP contribution in [0.25, 0.3) is 32.7 Å². The fourth-order valence-corrected chi connectivity index (χ4v) is 4.49. The second-order valence-electron chi connectivity index (χ2n) is 7.10. The number of hydrogen-bond acceptors (Lipinski definition) is 5. The summed E-state index contributed by atoms with van der Waals surface area (Å²) in [4.78, 5) is 30.2. The minimum Gasteiger partial charge on any atom is -0.475 e. The van der Waals surface area contributed by atoms with Crippen molar-refractivity contribution in [1.82, 2.24) is 9.55 Å². The summed E-state index contributed by atoms with van der Waals surface area (Å²) in [5.74, 6) is -0.977. The summed E-state index contributed by atoms with van der Waals surface area (Å²) in [6.45, 7) is 0.0119. The Labute approximate surface area is 184 Å². The number of hydrogen-bond donors (Lipinski definition) is 1. The molecule has 5 aromatic rings. The predicted octanol–water partition coefficient (Wildman–Crippen LogP) is 5.27. The summed E-state index contributed by atoms with van der Waals surface area (Å²) in [7, 11) is 0. The Balaban J connectivity index is 1.73. The molecule has 0 saturated carbocycles. The van der Waals surface area contributed by atoms with Gasteiger partial charge < -0.3 is 9.52 Å². The van der Waals surface area contributed by atoms with Gasteiger partial charge in [0.15, 0.2) is 0 Å². The molecule has 0 radical (unpaired) electrons. The summed E-state index contributed by atoms with van der Waals surface area (Å²) >= 11 is 1.34. The van der Waals surface area contributed by atoms with Crippen LogP contribution in [0.4, 0.5) is 4.39 Å². The number of benzene rings is 2. The van der Waals surface area contributed by atoms with Gasteiger partial charge in [0.25, 0.3) is 5.56 Å². The van der Waals surface area contributed by atoms with Crippen molar-refractivity contribution in [3.63, 3.8) is 0 Å². The molecule has 3 heterocycles. The lowest BCUT2D eigenvalue weighted by Gasteiger charge is -2.12. The van der Waals surface area contributed by atoms with Crippen LogP contribution in [-0.2, 0) is 6.54 Å². The van der Waals surface area contributed by atoms with Crippen LogP contribution >= 0.6 is 11.3 Å². The first-order chi connectivity index (χ1) is 15.5. The topological polar surface area (TPSA) is 85.3 Å². The number of rotatable bonds is 5. The first-order valence-electron chi connectivity index (χ1n) is 9.66. The van der Waals surface area contributed by atoms with E-state index in [1.165, 1.54) is 40.2 Å². The van der Waals surface area contributed by atoms with E-state index in [2.05, 4.69) is 0 Å². The van der Waals surface area contributed by atoms with Gasteiger partial charge in [-0.25, -0.2) is 14.2 Å². The SMILES string of the molecule is O=C(O)c1ccc(Cn2c(-c3ccccc3)nc3scc(-c4ccc(F)cc4)c3c2=O)o1. The van der Waals surface area contributed by atoms with E-state index in [1.807, 2.05) is 35.7 Å². The smallest absolute Gasteiger partial charge is 0.371 e. The number of halogens is 1. The van der Waals surface area contributed by atoms with E-state index in [9.17, 15) is 14.0 Å². The average molecular weight is 446 g/mol. The molecule has 0 aliphatic carbocycles. The number of furan rings is 1. The lowest BCUT2D eigenvalue weighted by Crippen LogP contribution is -2.23. The Bertz CT molecular complexity index is 1500. The van der Waals surface area contributed by atoms with Crippen molar-refractivity contribution in [1.29, 1.82) is 0 Å². The molecule has 0 unspecified atom stereocenters. The average Bonchev–Trinajstić information content (AvgIpc) is 3.44. The number of carboxylic acids is 1. The molecule has 2 aromatic carbocycles. The first-order valence-corrected chi connectivity index (χ1v) is 10.5. The Morgan fingerprint density at radius 3 is 2.47 bits per heavy atom. The van der Waals surface area contributed by atoms with Crippen LogP contribution in [0.5, 0.6) is 0 Å². The highest BCUT2D eigenvalue weighted by Gasteiger charge is 2.20. The highest BCUT2D eigenvalue weighted by atomic mass is 32.1. The molecule has 0 aliphatic heterocycles. The van der Waals surface area contributed by atoms with E-state index in [4.69, 9.17) is 14.5 Å².